The minimum absolute atomic E-state index is 0.155. The van der Waals surface area contributed by atoms with E-state index < -0.39 is 40.3 Å². The Morgan fingerprint density at radius 2 is 1.82 bits per heavy atom. The van der Waals surface area contributed by atoms with Crippen LogP contribution >= 0.6 is 11.6 Å². The highest BCUT2D eigenvalue weighted by Gasteiger charge is 2.45. The number of benzene rings is 2. The minimum Gasteiger partial charge on any atom is -0.274 e. The molecule has 0 spiro atoms. The van der Waals surface area contributed by atoms with E-state index in [0.717, 1.165) is 33.2 Å². The zero-order chi connectivity index (χ0) is 25.2. The van der Waals surface area contributed by atoms with E-state index in [4.69, 9.17) is 11.6 Å². The second-order valence-electron chi connectivity index (χ2n) is 7.71. The van der Waals surface area contributed by atoms with Crippen molar-refractivity contribution >= 4 is 46.6 Å². The van der Waals surface area contributed by atoms with Gasteiger partial charge >= 0.3 is 0 Å². The molecule has 0 bridgehead atoms. The topological polar surface area (TPSA) is 130 Å². The fourth-order valence-electron chi connectivity index (χ4n) is 3.65. The number of nitrogens with zero attached hydrogens (tertiary/aromatic N) is 3. The summed E-state index contributed by atoms with van der Waals surface area (Å²) < 4.78 is 0. The second-order valence-corrected chi connectivity index (χ2v) is 8.11. The number of carbonyl (C=O) groups is 4. The van der Waals surface area contributed by atoms with E-state index in [1.54, 1.807) is 19.1 Å². The van der Waals surface area contributed by atoms with Gasteiger partial charge in [-0.25, -0.2) is 9.91 Å². The Kier molecular flexibility index (Phi) is 7.11. The van der Waals surface area contributed by atoms with Gasteiger partial charge in [-0.15, -0.1) is 0 Å². The maximum atomic E-state index is 13.2. The normalized spacial score (nSPS) is 15.6. The highest BCUT2D eigenvalue weighted by Crippen LogP contribution is 2.28. The molecule has 0 aromatic heterocycles. The van der Waals surface area contributed by atoms with Gasteiger partial charge in [0.2, 0.25) is 5.91 Å². The molecule has 34 heavy (non-hydrogen) atoms. The Bertz CT molecular complexity index is 1220. The van der Waals surface area contributed by atoms with Gasteiger partial charge < -0.3 is 0 Å². The Balaban J connectivity index is 1.94. The number of nitro benzene ring substituents is 1. The van der Waals surface area contributed by atoms with E-state index in [1.807, 2.05) is 19.9 Å². The molecule has 10 nitrogen and oxygen atoms in total. The first-order valence-electron chi connectivity index (χ1n) is 10.2. The molecule has 4 amide bonds. The summed E-state index contributed by atoms with van der Waals surface area (Å²) in [5.74, 6) is -2.85. The number of allylic oxidation sites excluding steroid dienone is 1. The molecule has 11 heteroatoms. The molecule has 1 aliphatic rings. The number of imide groups is 1. The lowest BCUT2D eigenvalue weighted by atomic mass is 10.1. The monoisotopic (exact) mass is 484 g/mol. The summed E-state index contributed by atoms with van der Waals surface area (Å²) in [6.45, 7) is 5.22. The molecule has 2 aromatic carbocycles. The Morgan fingerprint density at radius 1 is 1.18 bits per heavy atom. The average Bonchev–Trinajstić information content (AvgIpc) is 3.04. The highest BCUT2D eigenvalue weighted by molar-refractivity contribution is 6.32. The van der Waals surface area contributed by atoms with Crippen LogP contribution < -0.4 is 10.3 Å². The van der Waals surface area contributed by atoms with Crippen molar-refractivity contribution in [3.63, 3.8) is 0 Å². The van der Waals surface area contributed by atoms with Crippen molar-refractivity contribution in [1.29, 1.82) is 0 Å². The number of nitrogens with one attached hydrogen (secondary N) is 1. The molecule has 1 saturated heterocycles. The van der Waals surface area contributed by atoms with Gasteiger partial charge in [-0.1, -0.05) is 23.7 Å². The van der Waals surface area contributed by atoms with Crippen LogP contribution in [0.4, 0.5) is 11.4 Å². The van der Waals surface area contributed by atoms with Crippen LogP contribution in [0.1, 0.15) is 34.8 Å². The molecule has 1 unspecified atom stereocenters. The van der Waals surface area contributed by atoms with Crippen molar-refractivity contribution in [1.82, 2.24) is 10.4 Å². The number of halogens is 1. The molecule has 176 valence electrons. The van der Waals surface area contributed by atoms with Crippen LogP contribution in [0.25, 0.3) is 0 Å². The fourth-order valence-corrected chi connectivity index (χ4v) is 3.83. The highest BCUT2D eigenvalue weighted by atomic mass is 35.5. The van der Waals surface area contributed by atoms with Crippen molar-refractivity contribution in [3.05, 3.63) is 80.4 Å². The molecule has 0 aliphatic carbocycles. The summed E-state index contributed by atoms with van der Waals surface area (Å²) in [4.78, 5) is 62.9. The van der Waals surface area contributed by atoms with Gasteiger partial charge in [-0.05, 0) is 56.2 Å². The molecular formula is C23H21ClN4O6. The van der Waals surface area contributed by atoms with Crippen LogP contribution in [0.2, 0.25) is 5.02 Å². The van der Waals surface area contributed by atoms with Crippen LogP contribution in [0, 0.1) is 24.0 Å². The van der Waals surface area contributed by atoms with Crippen molar-refractivity contribution < 1.29 is 24.1 Å². The van der Waals surface area contributed by atoms with Crippen LogP contribution in [-0.2, 0) is 14.4 Å². The molecule has 0 saturated carbocycles. The number of hydrazine groups is 1. The van der Waals surface area contributed by atoms with Gasteiger partial charge in [0.05, 0.1) is 17.0 Å². The predicted molar refractivity (Wildman–Crippen MR) is 124 cm³/mol. The molecule has 1 heterocycles. The number of anilines is 1. The average molecular weight is 485 g/mol. The fraction of sp³-hybridized carbons (Fsp3) is 0.217. The largest absolute Gasteiger partial charge is 0.288 e. The molecule has 1 aliphatic heterocycles. The zero-order valence-electron chi connectivity index (χ0n) is 18.6. The SMILES string of the molecule is CC=CC(=O)N(NC(=O)c1ccc(Cl)c([N+](=O)[O-])c1)C1CC(=O)N(c2cc(C)cc(C)c2)C1=O. The number of carbonyl (C=O) groups excluding carboxylic acids is 4. The van der Waals surface area contributed by atoms with Gasteiger partial charge in [0, 0.05) is 17.7 Å². The molecule has 2 aromatic rings. The molecule has 1 fully saturated rings. The number of amides is 4. The first-order chi connectivity index (χ1) is 16.0. The van der Waals surface area contributed by atoms with E-state index >= 15 is 0 Å². The van der Waals surface area contributed by atoms with E-state index in [1.165, 1.54) is 18.2 Å². The number of nitro groups is 1. The quantitative estimate of drug-likeness (QED) is 0.300. The number of hydrogen-bond acceptors (Lipinski definition) is 6. The van der Waals surface area contributed by atoms with E-state index in [0.29, 0.717) is 5.69 Å². The van der Waals surface area contributed by atoms with Crippen LogP contribution in [0.5, 0.6) is 0 Å². The van der Waals surface area contributed by atoms with Gasteiger partial charge in [0.25, 0.3) is 23.4 Å². The molecule has 0 radical (unpaired) electrons. The third kappa shape index (κ3) is 4.96. The molecule has 3 rings (SSSR count). The van der Waals surface area contributed by atoms with Crippen molar-refractivity contribution in [2.24, 2.45) is 0 Å². The molecule has 1 N–H and O–H groups in total. The Morgan fingerprint density at radius 3 is 2.41 bits per heavy atom. The predicted octanol–water partition coefficient (Wildman–Crippen LogP) is 3.25. The third-order valence-electron chi connectivity index (χ3n) is 5.07. The lowest BCUT2D eigenvalue weighted by Crippen LogP contribution is -2.54. The Hall–Kier alpha value is -4.05. The summed E-state index contributed by atoms with van der Waals surface area (Å²) in [6.07, 6.45) is 2.19. The number of hydrogen-bond donors (Lipinski definition) is 1. The first kappa shape index (κ1) is 24.6. The van der Waals surface area contributed by atoms with Crippen LogP contribution in [-0.4, -0.2) is 39.6 Å². The van der Waals surface area contributed by atoms with Crippen molar-refractivity contribution in [2.75, 3.05) is 4.90 Å². The second kappa shape index (κ2) is 9.84. The van der Waals surface area contributed by atoms with E-state index in [9.17, 15) is 29.3 Å². The smallest absolute Gasteiger partial charge is 0.274 e. The van der Waals surface area contributed by atoms with Crippen molar-refractivity contribution in [2.45, 2.75) is 33.2 Å². The lowest BCUT2D eigenvalue weighted by Gasteiger charge is -2.27. The first-order valence-corrected chi connectivity index (χ1v) is 10.6. The zero-order valence-corrected chi connectivity index (χ0v) is 19.3. The summed E-state index contributed by atoms with van der Waals surface area (Å²) >= 11 is 5.79. The van der Waals surface area contributed by atoms with Gasteiger partial charge in [-0.2, -0.15) is 0 Å². The summed E-state index contributed by atoms with van der Waals surface area (Å²) in [5.41, 5.74) is 3.73. The molecule has 1 atom stereocenters. The van der Waals surface area contributed by atoms with E-state index in [2.05, 4.69) is 5.43 Å². The standard InChI is InChI=1S/C23H21ClN4O6/c1-4-5-20(29)27(25-22(31)15-6-7-17(24)18(11-15)28(33)34)19-12-21(30)26(23(19)32)16-9-13(2)8-14(3)10-16/h4-11,19H,12H2,1-3H3,(H,25,31). The van der Waals surface area contributed by atoms with Gasteiger partial charge in [-0.3, -0.25) is 34.7 Å². The number of aryl methyl sites for hydroxylation is 2. The number of rotatable bonds is 5. The van der Waals surface area contributed by atoms with Crippen LogP contribution in [0.3, 0.4) is 0 Å². The summed E-state index contributed by atoms with van der Waals surface area (Å²) in [7, 11) is 0. The third-order valence-corrected chi connectivity index (χ3v) is 5.39. The Labute approximate surface area is 199 Å². The van der Waals surface area contributed by atoms with Crippen molar-refractivity contribution in [3.8, 4) is 0 Å². The maximum absolute atomic E-state index is 13.2. The minimum atomic E-state index is -1.30. The summed E-state index contributed by atoms with van der Waals surface area (Å²) in [6, 6.07) is 7.32. The molecular weight excluding hydrogens is 464 g/mol. The lowest BCUT2D eigenvalue weighted by molar-refractivity contribution is -0.384. The maximum Gasteiger partial charge on any atom is 0.288 e. The van der Waals surface area contributed by atoms with Gasteiger partial charge in [0.15, 0.2) is 0 Å². The summed E-state index contributed by atoms with van der Waals surface area (Å²) in [5, 5.41) is 11.8. The van der Waals surface area contributed by atoms with Gasteiger partial charge in [0.1, 0.15) is 11.1 Å². The van der Waals surface area contributed by atoms with Crippen LogP contribution in [0.15, 0.2) is 48.6 Å². The van der Waals surface area contributed by atoms with E-state index in [-0.39, 0.29) is 17.0 Å².